The van der Waals surface area contributed by atoms with Crippen LogP contribution in [-0.2, 0) is 0 Å². The van der Waals surface area contributed by atoms with Crippen LogP contribution in [0.5, 0.6) is 0 Å². The van der Waals surface area contributed by atoms with E-state index in [0.717, 1.165) is 59.7 Å². The summed E-state index contributed by atoms with van der Waals surface area (Å²) in [5.41, 5.74) is 4.61. The van der Waals surface area contributed by atoms with E-state index >= 15 is 0 Å². The van der Waals surface area contributed by atoms with Crippen molar-refractivity contribution in [2.24, 2.45) is 0 Å². The van der Waals surface area contributed by atoms with E-state index in [0.29, 0.717) is 10.7 Å². The van der Waals surface area contributed by atoms with Crippen LogP contribution in [0.2, 0.25) is 5.02 Å². The Morgan fingerprint density at radius 2 is 1.73 bits per heavy atom. The van der Waals surface area contributed by atoms with E-state index in [-0.39, 0.29) is 11.7 Å². The molecule has 0 saturated carbocycles. The lowest BCUT2D eigenvalue weighted by Gasteiger charge is -2.28. The van der Waals surface area contributed by atoms with Crippen LogP contribution in [0.25, 0.3) is 16.7 Å². The molecule has 1 fully saturated rings. The van der Waals surface area contributed by atoms with Gasteiger partial charge in [0.25, 0.3) is 5.91 Å². The average molecular weight is 460 g/mol. The minimum atomic E-state index is -0.353. The number of hydrogen-bond donors (Lipinski definition) is 1. The molecule has 5 rings (SSSR count). The van der Waals surface area contributed by atoms with E-state index in [1.165, 1.54) is 6.42 Å². The number of aromatic nitrogens is 3. The van der Waals surface area contributed by atoms with Crippen LogP contribution in [0.4, 0.5) is 11.5 Å². The van der Waals surface area contributed by atoms with E-state index in [2.05, 4.69) is 40.8 Å². The number of para-hydroxylation sites is 1. The van der Waals surface area contributed by atoms with Crippen molar-refractivity contribution in [1.29, 1.82) is 0 Å². The van der Waals surface area contributed by atoms with Crippen molar-refractivity contribution in [2.45, 2.75) is 33.1 Å². The topological polar surface area (TPSA) is 63.1 Å². The number of fused-ring (bicyclic) bond motifs is 1. The van der Waals surface area contributed by atoms with Gasteiger partial charge in [-0.1, -0.05) is 35.9 Å². The predicted molar refractivity (Wildman–Crippen MR) is 134 cm³/mol. The van der Waals surface area contributed by atoms with Crippen LogP contribution < -0.4 is 10.2 Å². The summed E-state index contributed by atoms with van der Waals surface area (Å²) in [6, 6.07) is 17.2. The fourth-order valence-electron chi connectivity index (χ4n) is 4.52. The highest BCUT2D eigenvalue weighted by molar-refractivity contribution is 6.31. The summed E-state index contributed by atoms with van der Waals surface area (Å²) in [5, 5.41) is 4.47. The standard InChI is InChI=1S/C26H26ClN5O/c1-17-18(2)32(21-12-5-3-6-13-21)25-22(17)24(31-14-7-4-8-15-31)29-23(30-25)26(33)28-20-11-9-10-19(27)16-20/h3,5-6,9-13,16H,4,7-8,14-15H2,1-2H3,(H,28,33). The predicted octanol–water partition coefficient (Wildman–Crippen LogP) is 5.93. The number of benzene rings is 2. The summed E-state index contributed by atoms with van der Waals surface area (Å²) in [5.74, 6) is 0.637. The van der Waals surface area contributed by atoms with Gasteiger partial charge in [0.2, 0.25) is 5.82 Å². The fourth-order valence-corrected chi connectivity index (χ4v) is 4.71. The Kier molecular flexibility index (Phi) is 5.77. The quantitative estimate of drug-likeness (QED) is 0.410. The Morgan fingerprint density at radius 3 is 2.45 bits per heavy atom. The molecule has 0 atom stereocenters. The smallest absolute Gasteiger partial charge is 0.293 e. The summed E-state index contributed by atoms with van der Waals surface area (Å²) in [6.45, 7) is 6.06. The third-order valence-electron chi connectivity index (χ3n) is 6.29. The van der Waals surface area contributed by atoms with Gasteiger partial charge in [-0.25, -0.2) is 9.97 Å². The highest BCUT2D eigenvalue weighted by Gasteiger charge is 2.25. The lowest BCUT2D eigenvalue weighted by Crippen LogP contribution is -2.31. The van der Waals surface area contributed by atoms with Gasteiger partial charge in [-0.15, -0.1) is 0 Å². The molecule has 2 aromatic carbocycles. The molecule has 7 heteroatoms. The number of amides is 1. The van der Waals surface area contributed by atoms with Gasteiger partial charge in [0.1, 0.15) is 5.82 Å². The van der Waals surface area contributed by atoms with E-state index < -0.39 is 0 Å². The van der Waals surface area contributed by atoms with E-state index in [1.807, 2.05) is 18.2 Å². The molecule has 1 saturated heterocycles. The number of piperidine rings is 1. The Balaban J connectivity index is 1.69. The Morgan fingerprint density at radius 1 is 0.970 bits per heavy atom. The van der Waals surface area contributed by atoms with Gasteiger partial charge in [-0.2, -0.15) is 0 Å². The largest absolute Gasteiger partial charge is 0.356 e. The molecule has 0 aliphatic carbocycles. The van der Waals surface area contributed by atoms with Gasteiger partial charge >= 0.3 is 0 Å². The molecule has 168 valence electrons. The molecule has 1 N–H and O–H groups in total. The van der Waals surface area contributed by atoms with Crippen molar-refractivity contribution < 1.29 is 4.79 Å². The lowest BCUT2D eigenvalue weighted by atomic mass is 10.1. The van der Waals surface area contributed by atoms with Gasteiger partial charge in [0.05, 0.1) is 5.39 Å². The molecule has 1 amide bonds. The van der Waals surface area contributed by atoms with Gasteiger partial charge in [-0.05, 0) is 69.0 Å². The molecule has 3 heterocycles. The minimum Gasteiger partial charge on any atom is -0.356 e. The maximum Gasteiger partial charge on any atom is 0.293 e. The molecule has 0 radical (unpaired) electrons. The van der Waals surface area contributed by atoms with Crippen LogP contribution >= 0.6 is 11.6 Å². The number of carbonyl (C=O) groups excluding carboxylic acids is 1. The van der Waals surface area contributed by atoms with E-state index in [4.69, 9.17) is 21.6 Å². The van der Waals surface area contributed by atoms with Crippen molar-refractivity contribution in [3.05, 3.63) is 76.7 Å². The SMILES string of the molecule is Cc1c(C)n(-c2ccccc2)c2nc(C(=O)Nc3cccc(Cl)c3)nc(N3CCCCC3)c12. The van der Waals surface area contributed by atoms with Crippen LogP contribution in [0, 0.1) is 13.8 Å². The molecular formula is C26H26ClN5O. The Bertz CT molecular complexity index is 1330. The van der Waals surface area contributed by atoms with E-state index in [1.54, 1.807) is 24.3 Å². The molecule has 1 aliphatic heterocycles. The monoisotopic (exact) mass is 459 g/mol. The first-order chi connectivity index (χ1) is 16.0. The second-order valence-electron chi connectivity index (χ2n) is 8.46. The number of halogens is 1. The Labute approximate surface area is 198 Å². The highest BCUT2D eigenvalue weighted by Crippen LogP contribution is 2.34. The third kappa shape index (κ3) is 4.07. The van der Waals surface area contributed by atoms with Gasteiger partial charge in [0, 0.05) is 35.2 Å². The molecule has 33 heavy (non-hydrogen) atoms. The average Bonchev–Trinajstić information content (AvgIpc) is 3.09. The maximum atomic E-state index is 13.2. The first-order valence-electron chi connectivity index (χ1n) is 11.3. The zero-order valence-corrected chi connectivity index (χ0v) is 19.6. The molecule has 4 aromatic rings. The molecule has 1 aliphatic rings. The van der Waals surface area contributed by atoms with Crippen LogP contribution in [0.3, 0.4) is 0 Å². The molecule has 0 unspecified atom stereocenters. The van der Waals surface area contributed by atoms with Crippen molar-refractivity contribution in [3.8, 4) is 5.69 Å². The third-order valence-corrected chi connectivity index (χ3v) is 6.53. The van der Waals surface area contributed by atoms with E-state index in [9.17, 15) is 4.79 Å². The first-order valence-corrected chi connectivity index (χ1v) is 11.7. The molecule has 2 aromatic heterocycles. The summed E-state index contributed by atoms with van der Waals surface area (Å²) in [7, 11) is 0. The number of nitrogens with zero attached hydrogens (tertiary/aromatic N) is 4. The second kappa shape index (κ2) is 8.87. The molecule has 0 spiro atoms. The maximum absolute atomic E-state index is 13.2. The van der Waals surface area contributed by atoms with Gasteiger partial charge in [0.15, 0.2) is 5.65 Å². The minimum absolute atomic E-state index is 0.151. The number of rotatable bonds is 4. The highest BCUT2D eigenvalue weighted by atomic mass is 35.5. The van der Waals surface area contributed by atoms with Crippen LogP contribution in [-0.4, -0.2) is 33.5 Å². The number of hydrogen-bond acceptors (Lipinski definition) is 4. The first kappa shape index (κ1) is 21.5. The summed E-state index contributed by atoms with van der Waals surface area (Å²) < 4.78 is 2.12. The van der Waals surface area contributed by atoms with Gasteiger partial charge in [-0.3, -0.25) is 9.36 Å². The fraction of sp³-hybridized carbons (Fsp3) is 0.269. The van der Waals surface area contributed by atoms with Crippen molar-refractivity contribution in [2.75, 3.05) is 23.3 Å². The summed E-state index contributed by atoms with van der Waals surface area (Å²) in [6.07, 6.45) is 3.45. The normalized spacial score (nSPS) is 14.0. The summed E-state index contributed by atoms with van der Waals surface area (Å²) >= 11 is 6.10. The molecule has 0 bridgehead atoms. The van der Waals surface area contributed by atoms with Crippen LogP contribution in [0.1, 0.15) is 41.1 Å². The molecule has 6 nitrogen and oxygen atoms in total. The molecular weight excluding hydrogens is 434 g/mol. The number of carbonyl (C=O) groups is 1. The van der Waals surface area contributed by atoms with Crippen molar-refractivity contribution >= 4 is 40.0 Å². The zero-order chi connectivity index (χ0) is 22.9. The lowest BCUT2D eigenvalue weighted by molar-refractivity contribution is 0.101. The van der Waals surface area contributed by atoms with Crippen LogP contribution in [0.15, 0.2) is 54.6 Å². The van der Waals surface area contributed by atoms with Crippen molar-refractivity contribution in [1.82, 2.24) is 14.5 Å². The number of aryl methyl sites for hydroxylation is 1. The zero-order valence-electron chi connectivity index (χ0n) is 18.8. The van der Waals surface area contributed by atoms with Crippen molar-refractivity contribution in [3.63, 3.8) is 0 Å². The van der Waals surface area contributed by atoms with Gasteiger partial charge < -0.3 is 10.2 Å². The summed E-state index contributed by atoms with van der Waals surface area (Å²) in [4.78, 5) is 25.1. The Hall–Kier alpha value is -3.38. The number of nitrogens with one attached hydrogen (secondary N) is 1. The number of anilines is 2. The second-order valence-corrected chi connectivity index (χ2v) is 8.90.